The molecule has 2 aromatic carbocycles. The summed E-state index contributed by atoms with van der Waals surface area (Å²) in [6.07, 6.45) is 0.301. The summed E-state index contributed by atoms with van der Waals surface area (Å²) in [6, 6.07) is 13.3. The highest BCUT2D eigenvalue weighted by atomic mass is 35.5. The van der Waals surface area contributed by atoms with Crippen LogP contribution >= 0.6 is 11.6 Å². The lowest BCUT2D eigenvalue weighted by atomic mass is 10.1. The highest BCUT2D eigenvalue weighted by Crippen LogP contribution is 2.15. The third kappa shape index (κ3) is 4.17. The van der Waals surface area contributed by atoms with E-state index in [1.165, 1.54) is 6.07 Å². The Morgan fingerprint density at radius 3 is 2.83 bits per heavy atom. The zero-order valence-electron chi connectivity index (χ0n) is 12.6. The molecule has 122 valence electrons. The lowest BCUT2D eigenvalue weighted by Crippen LogP contribution is -2.15. The van der Waals surface area contributed by atoms with Crippen molar-refractivity contribution >= 4 is 23.2 Å². The Morgan fingerprint density at radius 1 is 1.21 bits per heavy atom. The standard InChI is InChI=1S/C17H14ClFN4O/c18-12-5-3-6-13(9-12)20-17(24)10-16-21-15(22-23-16)8-11-4-1-2-7-14(11)19/h1-7,9H,8,10H2,(H,20,24)(H,21,22,23). The Balaban J connectivity index is 1.61. The quantitative estimate of drug-likeness (QED) is 0.745. The number of carbonyl (C=O) groups excluding carboxylic acids is 1. The topological polar surface area (TPSA) is 70.7 Å². The van der Waals surface area contributed by atoms with Gasteiger partial charge >= 0.3 is 0 Å². The number of nitrogens with one attached hydrogen (secondary N) is 2. The van der Waals surface area contributed by atoms with Gasteiger partial charge in [-0.25, -0.2) is 9.37 Å². The van der Waals surface area contributed by atoms with Gasteiger partial charge in [0.25, 0.3) is 0 Å². The first-order chi connectivity index (χ1) is 11.6. The number of nitrogens with zero attached hydrogens (tertiary/aromatic N) is 2. The van der Waals surface area contributed by atoms with Gasteiger partial charge < -0.3 is 5.32 Å². The van der Waals surface area contributed by atoms with Crippen LogP contribution < -0.4 is 5.32 Å². The van der Waals surface area contributed by atoms with Gasteiger partial charge in [0.1, 0.15) is 11.6 Å². The zero-order chi connectivity index (χ0) is 16.9. The average molecular weight is 345 g/mol. The normalized spacial score (nSPS) is 10.6. The molecular formula is C17H14ClFN4O. The number of hydrogen-bond acceptors (Lipinski definition) is 3. The van der Waals surface area contributed by atoms with Crippen LogP contribution in [0.25, 0.3) is 0 Å². The van der Waals surface area contributed by atoms with E-state index in [1.807, 2.05) is 0 Å². The van der Waals surface area contributed by atoms with Gasteiger partial charge in [0.15, 0.2) is 5.82 Å². The number of amides is 1. The van der Waals surface area contributed by atoms with Gasteiger partial charge in [-0.15, -0.1) is 0 Å². The van der Waals surface area contributed by atoms with Crippen molar-refractivity contribution in [2.75, 3.05) is 5.32 Å². The lowest BCUT2D eigenvalue weighted by molar-refractivity contribution is -0.115. The Labute approximate surface area is 142 Å². The minimum atomic E-state index is -0.297. The van der Waals surface area contributed by atoms with Crippen LogP contribution in [0.2, 0.25) is 5.02 Å². The van der Waals surface area contributed by atoms with E-state index in [0.717, 1.165) is 0 Å². The largest absolute Gasteiger partial charge is 0.326 e. The van der Waals surface area contributed by atoms with E-state index in [0.29, 0.717) is 27.9 Å². The number of halogens is 2. The third-order valence-electron chi connectivity index (χ3n) is 3.32. The van der Waals surface area contributed by atoms with Crippen molar-refractivity contribution < 1.29 is 9.18 Å². The van der Waals surface area contributed by atoms with Gasteiger partial charge in [-0.2, -0.15) is 5.10 Å². The number of anilines is 1. The molecule has 2 N–H and O–H groups in total. The van der Waals surface area contributed by atoms with Crippen molar-refractivity contribution in [3.8, 4) is 0 Å². The molecule has 1 amide bonds. The fourth-order valence-corrected chi connectivity index (χ4v) is 2.42. The summed E-state index contributed by atoms with van der Waals surface area (Å²) < 4.78 is 13.6. The van der Waals surface area contributed by atoms with Crippen LogP contribution in [-0.4, -0.2) is 21.1 Å². The molecule has 0 saturated heterocycles. The van der Waals surface area contributed by atoms with E-state index >= 15 is 0 Å². The lowest BCUT2D eigenvalue weighted by Gasteiger charge is -2.03. The molecule has 0 fully saturated rings. The highest BCUT2D eigenvalue weighted by Gasteiger charge is 2.11. The van der Waals surface area contributed by atoms with E-state index < -0.39 is 0 Å². The minimum absolute atomic E-state index is 0.0142. The number of aromatic nitrogens is 3. The fraction of sp³-hybridized carbons (Fsp3) is 0.118. The Hall–Kier alpha value is -2.73. The predicted molar refractivity (Wildman–Crippen MR) is 89.4 cm³/mol. The van der Waals surface area contributed by atoms with Crippen LogP contribution in [-0.2, 0) is 17.6 Å². The number of H-pyrrole nitrogens is 1. The predicted octanol–water partition coefficient (Wildman–Crippen LogP) is 3.37. The molecule has 0 aliphatic carbocycles. The van der Waals surface area contributed by atoms with Gasteiger partial charge in [0.2, 0.25) is 5.91 Å². The summed E-state index contributed by atoms with van der Waals surface area (Å²) in [4.78, 5) is 16.2. The molecule has 5 nitrogen and oxygen atoms in total. The molecule has 0 spiro atoms. The van der Waals surface area contributed by atoms with Crippen LogP contribution in [0.15, 0.2) is 48.5 Å². The van der Waals surface area contributed by atoms with Gasteiger partial charge in [-0.05, 0) is 29.8 Å². The summed E-state index contributed by atoms with van der Waals surface area (Å²) in [6.45, 7) is 0. The molecular weight excluding hydrogens is 331 g/mol. The first-order valence-corrected chi connectivity index (χ1v) is 7.67. The summed E-state index contributed by atoms with van der Waals surface area (Å²) in [7, 11) is 0. The number of aromatic amines is 1. The maximum Gasteiger partial charge on any atom is 0.232 e. The van der Waals surface area contributed by atoms with Crippen molar-refractivity contribution in [2.45, 2.75) is 12.8 Å². The maximum atomic E-state index is 13.6. The van der Waals surface area contributed by atoms with Crippen LogP contribution in [0.1, 0.15) is 17.2 Å². The minimum Gasteiger partial charge on any atom is -0.326 e. The molecule has 1 aromatic heterocycles. The van der Waals surface area contributed by atoms with Crippen molar-refractivity contribution in [2.24, 2.45) is 0 Å². The van der Waals surface area contributed by atoms with Crippen molar-refractivity contribution in [1.29, 1.82) is 0 Å². The van der Waals surface area contributed by atoms with E-state index in [2.05, 4.69) is 20.5 Å². The van der Waals surface area contributed by atoms with Crippen LogP contribution in [0, 0.1) is 5.82 Å². The molecule has 0 aliphatic heterocycles. The second-order valence-electron chi connectivity index (χ2n) is 5.20. The van der Waals surface area contributed by atoms with Crippen LogP contribution in [0.3, 0.4) is 0 Å². The number of hydrogen-bond donors (Lipinski definition) is 2. The smallest absolute Gasteiger partial charge is 0.232 e. The van der Waals surface area contributed by atoms with Crippen LogP contribution in [0.5, 0.6) is 0 Å². The molecule has 1 heterocycles. The first-order valence-electron chi connectivity index (χ1n) is 7.29. The summed E-state index contributed by atoms with van der Waals surface area (Å²) in [5, 5.41) is 9.99. The Morgan fingerprint density at radius 2 is 2.04 bits per heavy atom. The maximum absolute atomic E-state index is 13.6. The second kappa shape index (κ2) is 7.23. The number of carbonyl (C=O) groups is 1. The van der Waals surface area contributed by atoms with Gasteiger partial charge in [0.05, 0.1) is 6.42 Å². The fourth-order valence-electron chi connectivity index (χ4n) is 2.23. The second-order valence-corrected chi connectivity index (χ2v) is 5.64. The summed E-state index contributed by atoms with van der Waals surface area (Å²) in [5.41, 5.74) is 1.12. The average Bonchev–Trinajstić information content (AvgIpc) is 2.96. The SMILES string of the molecule is O=C(Cc1n[nH]c(Cc2ccccc2F)n1)Nc1cccc(Cl)c1. The molecule has 0 bridgehead atoms. The molecule has 7 heteroatoms. The van der Waals surface area contributed by atoms with Gasteiger partial charge in [0, 0.05) is 17.1 Å². The molecule has 0 atom stereocenters. The van der Waals surface area contributed by atoms with E-state index in [4.69, 9.17) is 11.6 Å². The van der Waals surface area contributed by atoms with E-state index in [-0.39, 0.29) is 24.6 Å². The third-order valence-corrected chi connectivity index (χ3v) is 3.56. The molecule has 24 heavy (non-hydrogen) atoms. The monoisotopic (exact) mass is 344 g/mol. The molecule has 3 rings (SSSR count). The Bertz CT molecular complexity index is 865. The molecule has 0 saturated carbocycles. The highest BCUT2D eigenvalue weighted by molar-refractivity contribution is 6.30. The Kier molecular flexibility index (Phi) is 4.86. The zero-order valence-corrected chi connectivity index (χ0v) is 13.3. The molecule has 0 radical (unpaired) electrons. The van der Waals surface area contributed by atoms with E-state index in [9.17, 15) is 9.18 Å². The molecule has 0 aliphatic rings. The molecule has 3 aromatic rings. The van der Waals surface area contributed by atoms with Crippen molar-refractivity contribution in [3.63, 3.8) is 0 Å². The van der Waals surface area contributed by atoms with Gasteiger partial charge in [-0.3, -0.25) is 9.89 Å². The molecule has 0 unspecified atom stereocenters. The first kappa shape index (κ1) is 16.1. The number of rotatable bonds is 5. The van der Waals surface area contributed by atoms with Crippen LogP contribution in [0.4, 0.5) is 10.1 Å². The van der Waals surface area contributed by atoms with Crippen molar-refractivity contribution in [1.82, 2.24) is 15.2 Å². The van der Waals surface area contributed by atoms with E-state index in [1.54, 1.807) is 42.5 Å². The summed E-state index contributed by atoms with van der Waals surface area (Å²) >= 11 is 5.87. The summed E-state index contributed by atoms with van der Waals surface area (Å²) in [5.74, 6) is 0.300. The number of benzene rings is 2. The van der Waals surface area contributed by atoms with Crippen molar-refractivity contribution in [3.05, 3.63) is 76.6 Å². The van der Waals surface area contributed by atoms with Gasteiger partial charge in [-0.1, -0.05) is 35.9 Å².